The van der Waals surface area contributed by atoms with Crippen molar-refractivity contribution in [1.29, 1.82) is 0 Å². The zero-order valence-corrected chi connectivity index (χ0v) is 24.3. The van der Waals surface area contributed by atoms with E-state index in [9.17, 15) is 9.59 Å². The van der Waals surface area contributed by atoms with Crippen LogP contribution < -0.4 is 4.74 Å². The monoisotopic (exact) mass is 599 g/mol. The van der Waals surface area contributed by atoms with E-state index < -0.39 is 11.7 Å². The fourth-order valence-corrected chi connectivity index (χ4v) is 4.68. The Labute approximate surface area is 236 Å². The van der Waals surface area contributed by atoms with Crippen LogP contribution in [-0.4, -0.2) is 52.0 Å². The molecule has 1 aromatic heterocycles. The van der Waals surface area contributed by atoms with Gasteiger partial charge in [-0.05, 0) is 68.7 Å². The lowest BCUT2D eigenvalue weighted by molar-refractivity contribution is 0.00408. The average molecular weight is 601 g/mol. The van der Waals surface area contributed by atoms with Crippen molar-refractivity contribution in [1.82, 2.24) is 14.8 Å². The van der Waals surface area contributed by atoms with E-state index in [4.69, 9.17) is 21.1 Å². The zero-order chi connectivity index (χ0) is 27.4. The summed E-state index contributed by atoms with van der Waals surface area (Å²) < 4.78 is 12.4. The van der Waals surface area contributed by atoms with Crippen LogP contribution >= 0.6 is 27.5 Å². The van der Waals surface area contributed by atoms with Gasteiger partial charge in [0.25, 0.3) is 5.91 Å². The SMILES string of the molecule is CCc1ccc(C2CN(C(=O)OC(C)(C)C)CCN2C(=O)c2cc(Cl)nc(Oc3ccc(Br)cc3)c2)cc1. The number of aryl methyl sites for hydroxylation is 1. The van der Waals surface area contributed by atoms with Gasteiger partial charge in [0.1, 0.15) is 16.5 Å². The molecule has 1 saturated heterocycles. The first-order valence-corrected chi connectivity index (χ1v) is 13.7. The Balaban J connectivity index is 1.62. The molecule has 1 atom stereocenters. The van der Waals surface area contributed by atoms with Crippen molar-refractivity contribution >= 4 is 39.5 Å². The summed E-state index contributed by atoms with van der Waals surface area (Å²) in [5, 5.41) is 0.152. The van der Waals surface area contributed by atoms with Crippen molar-refractivity contribution in [2.75, 3.05) is 19.6 Å². The highest BCUT2D eigenvalue weighted by atomic mass is 79.9. The quantitative estimate of drug-likeness (QED) is 0.288. The Morgan fingerprint density at radius 3 is 2.37 bits per heavy atom. The molecular weight excluding hydrogens is 570 g/mol. The van der Waals surface area contributed by atoms with Crippen molar-refractivity contribution in [3.05, 3.63) is 87.0 Å². The van der Waals surface area contributed by atoms with Gasteiger partial charge in [0.2, 0.25) is 5.88 Å². The molecule has 1 fully saturated rings. The molecule has 0 spiro atoms. The van der Waals surface area contributed by atoms with Crippen LogP contribution in [0.25, 0.3) is 0 Å². The number of hydrogen-bond acceptors (Lipinski definition) is 5. The lowest BCUT2D eigenvalue weighted by Crippen LogP contribution is -2.53. The molecular formula is C29H31BrClN3O4. The van der Waals surface area contributed by atoms with Gasteiger partial charge in [-0.1, -0.05) is 58.7 Å². The first-order valence-electron chi connectivity index (χ1n) is 12.5. The summed E-state index contributed by atoms with van der Waals surface area (Å²) in [6.07, 6.45) is 0.519. The molecule has 2 aromatic carbocycles. The van der Waals surface area contributed by atoms with Crippen molar-refractivity contribution in [2.45, 2.75) is 45.8 Å². The highest BCUT2D eigenvalue weighted by Crippen LogP contribution is 2.31. The van der Waals surface area contributed by atoms with E-state index in [0.29, 0.717) is 30.9 Å². The zero-order valence-electron chi connectivity index (χ0n) is 21.9. The third-order valence-electron chi connectivity index (χ3n) is 6.12. The molecule has 2 amide bonds. The fourth-order valence-electron chi connectivity index (χ4n) is 4.22. The summed E-state index contributed by atoms with van der Waals surface area (Å²) >= 11 is 9.70. The smallest absolute Gasteiger partial charge is 0.410 e. The normalized spacial score (nSPS) is 15.8. The first kappa shape index (κ1) is 27.9. The predicted molar refractivity (Wildman–Crippen MR) is 151 cm³/mol. The summed E-state index contributed by atoms with van der Waals surface area (Å²) in [5.74, 6) is 0.573. The van der Waals surface area contributed by atoms with Gasteiger partial charge in [-0.2, -0.15) is 0 Å². The van der Waals surface area contributed by atoms with Crippen LogP contribution in [0.3, 0.4) is 0 Å². The highest BCUT2D eigenvalue weighted by molar-refractivity contribution is 9.10. The van der Waals surface area contributed by atoms with E-state index in [0.717, 1.165) is 16.5 Å². The second kappa shape index (κ2) is 11.7. The van der Waals surface area contributed by atoms with E-state index in [1.807, 2.05) is 45.0 Å². The minimum Gasteiger partial charge on any atom is -0.444 e. The maximum Gasteiger partial charge on any atom is 0.410 e. The number of carbonyl (C=O) groups excluding carboxylic acids is 2. The number of piperazine rings is 1. The van der Waals surface area contributed by atoms with Gasteiger partial charge in [-0.25, -0.2) is 9.78 Å². The van der Waals surface area contributed by atoms with Crippen molar-refractivity contribution < 1.29 is 19.1 Å². The standard InChI is InChI=1S/C29H31BrClN3O4/c1-5-19-6-8-20(9-7-19)24-18-33(28(36)38-29(2,3)4)14-15-34(24)27(35)21-16-25(31)32-26(17-21)37-23-12-10-22(30)11-13-23/h6-13,16-17,24H,5,14-15,18H2,1-4H3. The maximum atomic E-state index is 13.9. The van der Waals surface area contributed by atoms with Crippen LogP contribution in [0.4, 0.5) is 4.79 Å². The number of halogens is 2. The highest BCUT2D eigenvalue weighted by Gasteiger charge is 2.36. The number of benzene rings is 2. The Bertz CT molecular complexity index is 1290. The van der Waals surface area contributed by atoms with E-state index in [-0.39, 0.29) is 23.0 Å². The Kier molecular flexibility index (Phi) is 8.63. The van der Waals surface area contributed by atoms with Gasteiger partial charge in [0.05, 0.1) is 6.04 Å². The minimum absolute atomic E-state index is 0.152. The second-order valence-corrected chi connectivity index (χ2v) is 11.4. The number of rotatable bonds is 5. The third-order valence-corrected chi connectivity index (χ3v) is 6.84. The molecule has 1 aliphatic rings. The summed E-state index contributed by atoms with van der Waals surface area (Å²) in [6.45, 7) is 8.61. The fraction of sp³-hybridized carbons (Fsp3) is 0.345. The summed E-state index contributed by atoms with van der Waals surface area (Å²) in [5.41, 5.74) is 1.89. The number of hydrogen-bond donors (Lipinski definition) is 0. The first-order chi connectivity index (χ1) is 18.0. The van der Waals surface area contributed by atoms with Gasteiger partial charge in [-0.15, -0.1) is 0 Å². The Morgan fingerprint density at radius 1 is 1.05 bits per heavy atom. The van der Waals surface area contributed by atoms with Crippen LogP contribution in [0.15, 0.2) is 65.1 Å². The predicted octanol–water partition coefficient (Wildman–Crippen LogP) is 7.29. The van der Waals surface area contributed by atoms with Gasteiger partial charge >= 0.3 is 6.09 Å². The van der Waals surface area contributed by atoms with Crippen molar-refractivity contribution in [3.63, 3.8) is 0 Å². The van der Waals surface area contributed by atoms with Crippen LogP contribution in [0.5, 0.6) is 11.6 Å². The molecule has 0 bridgehead atoms. The summed E-state index contributed by atoms with van der Waals surface area (Å²) in [6, 6.07) is 18.2. The number of aromatic nitrogens is 1. The number of pyridine rings is 1. The molecule has 1 aliphatic heterocycles. The summed E-state index contributed by atoms with van der Waals surface area (Å²) in [7, 11) is 0. The average Bonchev–Trinajstić information content (AvgIpc) is 2.88. The number of nitrogens with zero attached hydrogens (tertiary/aromatic N) is 3. The molecule has 1 unspecified atom stereocenters. The van der Waals surface area contributed by atoms with Crippen LogP contribution in [-0.2, 0) is 11.2 Å². The van der Waals surface area contributed by atoms with Crippen LogP contribution in [0.2, 0.25) is 5.15 Å². The minimum atomic E-state index is -0.610. The van der Waals surface area contributed by atoms with E-state index >= 15 is 0 Å². The van der Waals surface area contributed by atoms with E-state index in [2.05, 4.69) is 40.0 Å². The van der Waals surface area contributed by atoms with Gasteiger partial charge in [0.15, 0.2) is 0 Å². The molecule has 3 aromatic rings. The van der Waals surface area contributed by atoms with Gasteiger partial charge in [0, 0.05) is 35.7 Å². The Morgan fingerprint density at radius 2 is 1.74 bits per heavy atom. The molecule has 0 radical (unpaired) electrons. The molecule has 0 N–H and O–H groups in total. The largest absolute Gasteiger partial charge is 0.444 e. The third kappa shape index (κ3) is 7.05. The number of carbonyl (C=O) groups is 2. The van der Waals surface area contributed by atoms with Crippen LogP contribution in [0.1, 0.15) is 55.2 Å². The molecule has 0 aliphatic carbocycles. The topological polar surface area (TPSA) is 72.0 Å². The van der Waals surface area contributed by atoms with E-state index in [1.54, 1.807) is 28.0 Å². The summed E-state index contributed by atoms with van der Waals surface area (Å²) in [4.78, 5) is 34.4. The molecule has 9 heteroatoms. The maximum absolute atomic E-state index is 13.9. The molecule has 38 heavy (non-hydrogen) atoms. The van der Waals surface area contributed by atoms with Crippen molar-refractivity contribution in [3.8, 4) is 11.6 Å². The Hall–Kier alpha value is -3.10. The number of amides is 2. The van der Waals surface area contributed by atoms with Crippen LogP contribution in [0, 0.1) is 0 Å². The molecule has 4 rings (SSSR count). The van der Waals surface area contributed by atoms with Crippen molar-refractivity contribution in [2.24, 2.45) is 0 Å². The van der Waals surface area contributed by atoms with Gasteiger partial charge in [-0.3, -0.25) is 4.79 Å². The lowest BCUT2D eigenvalue weighted by Gasteiger charge is -2.42. The second-order valence-electron chi connectivity index (χ2n) is 10.1. The number of ether oxygens (including phenoxy) is 2. The molecule has 7 nitrogen and oxygen atoms in total. The lowest BCUT2D eigenvalue weighted by atomic mass is 9.99. The van der Waals surface area contributed by atoms with E-state index in [1.165, 1.54) is 11.6 Å². The molecule has 0 saturated carbocycles. The van der Waals surface area contributed by atoms with Gasteiger partial charge < -0.3 is 19.3 Å². The molecule has 200 valence electrons. The molecule has 2 heterocycles.